The second-order valence-electron chi connectivity index (χ2n) is 9.22. The Balaban J connectivity index is 1.47. The molecule has 0 unspecified atom stereocenters. The molecule has 0 atom stereocenters. The number of thioether (sulfide) groups is 1. The molecule has 0 bridgehead atoms. The third-order valence-corrected chi connectivity index (χ3v) is 7.65. The Hall–Kier alpha value is -2.53. The van der Waals surface area contributed by atoms with Gasteiger partial charge in [0.1, 0.15) is 0 Å². The van der Waals surface area contributed by atoms with Gasteiger partial charge in [-0.3, -0.25) is 4.79 Å². The number of nitrogens with zero attached hydrogens (tertiary/aromatic N) is 2. The quantitative estimate of drug-likeness (QED) is 0.223. The highest BCUT2D eigenvalue weighted by Gasteiger charge is 2.20. The predicted molar refractivity (Wildman–Crippen MR) is 143 cm³/mol. The number of aromatic nitrogens is 2. The predicted octanol–water partition coefficient (Wildman–Crippen LogP) is 7.20. The number of imidazole rings is 1. The minimum atomic E-state index is 0.191. The zero-order valence-corrected chi connectivity index (χ0v) is 21.2. The molecule has 1 heterocycles. The van der Waals surface area contributed by atoms with Gasteiger partial charge >= 0.3 is 0 Å². The van der Waals surface area contributed by atoms with E-state index in [1.807, 2.05) is 6.07 Å². The van der Waals surface area contributed by atoms with Gasteiger partial charge < -0.3 is 9.88 Å². The number of hydrogen-bond acceptors (Lipinski definition) is 3. The van der Waals surface area contributed by atoms with Crippen molar-refractivity contribution >= 4 is 17.7 Å². The van der Waals surface area contributed by atoms with Crippen molar-refractivity contribution in [2.24, 2.45) is 5.92 Å². The summed E-state index contributed by atoms with van der Waals surface area (Å²) in [7, 11) is 0. The van der Waals surface area contributed by atoms with Gasteiger partial charge in [-0.2, -0.15) is 0 Å². The van der Waals surface area contributed by atoms with E-state index in [2.05, 4.69) is 71.4 Å². The third kappa shape index (κ3) is 6.53. The summed E-state index contributed by atoms with van der Waals surface area (Å²) in [5, 5.41) is 4.16. The zero-order chi connectivity index (χ0) is 23.6. The van der Waals surface area contributed by atoms with Gasteiger partial charge in [0.25, 0.3) is 0 Å². The van der Waals surface area contributed by atoms with Crippen LogP contribution in [0.1, 0.15) is 58.3 Å². The average molecular weight is 476 g/mol. The number of hydrogen-bond donors (Lipinski definition) is 1. The van der Waals surface area contributed by atoms with E-state index >= 15 is 0 Å². The van der Waals surface area contributed by atoms with Crippen molar-refractivity contribution in [2.45, 2.75) is 70.0 Å². The topological polar surface area (TPSA) is 46.9 Å². The Bertz CT molecular complexity index is 1030. The van der Waals surface area contributed by atoms with Gasteiger partial charge in [-0.05, 0) is 18.8 Å². The molecule has 3 aromatic rings. The first-order chi connectivity index (χ1) is 16.8. The van der Waals surface area contributed by atoms with Gasteiger partial charge in [0.05, 0.1) is 11.4 Å². The summed E-state index contributed by atoms with van der Waals surface area (Å²) in [4.78, 5) is 17.4. The first-order valence-electron chi connectivity index (χ1n) is 12.9. The Morgan fingerprint density at radius 2 is 1.71 bits per heavy atom. The number of nitrogens with one attached hydrogen (secondary N) is 1. The van der Waals surface area contributed by atoms with Crippen LogP contribution in [0.25, 0.3) is 22.5 Å². The standard InChI is InChI=1S/C29H37N3OS/c1-2-3-21-32-28(25-16-8-5-9-17-25)27(24-14-6-4-7-15-24)31-29(32)34-22-20-30-26(33)19-18-23-12-10-11-13-23/h4-9,14-17,23H,2-3,10-13,18-22H2,1H3,(H,30,33). The fraction of sp³-hybridized carbons (Fsp3) is 0.448. The summed E-state index contributed by atoms with van der Waals surface area (Å²) >= 11 is 1.74. The summed E-state index contributed by atoms with van der Waals surface area (Å²) in [5.41, 5.74) is 4.55. The lowest BCUT2D eigenvalue weighted by atomic mass is 10.0. The normalized spacial score (nSPS) is 13.9. The van der Waals surface area contributed by atoms with Crippen LogP contribution in [-0.4, -0.2) is 27.8 Å². The lowest BCUT2D eigenvalue weighted by molar-refractivity contribution is -0.121. The van der Waals surface area contributed by atoms with Gasteiger partial charge in [-0.25, -0.2) is 4.98 Å². The number of benzene rings is 2. The molecular weight excluding hydrogens is 438 g/mol. The molecule has 1 aliphatic rings. The zero-order valence-electron chi connectivity index (χ0n) is 20.3. The van der Waals surface area contributed by atoms with E-state index in [0.29, 0.717) is 13.0 Å². The fourth-order valence-corrected chi connectivity index (χ4v) is 5.69. The molecule has 2 aromatic carbocycles. The summed E-state index contributed by atoms with van der Waals surface area (Å²) in [6.45, 7) is 3.85. The largest absolute Gasteiger partial charge is 0.355 e. The molecule has 1 aromatic heterocycles. The number of unbranched alkanes of at least 4 members (excludes halogenated alkanes) is 1. The fourth-order valence-electron chi connectivity index (χ4n) is 4.81. The molecule has 4 rings (SSSR count). The Labute approximate surface area is 208 Å². The molecule has 180 valence electrons. The molecule has 1 N–H and O–H groups in total. The second kappa shape index (κ2) is 12.8. The average Bonchev–Trinajstić information content (AvgIpc) is 3.53. The molecule has 1 saturated carbocycles. The van der Waals surface area contributed by atoms with Crippen LogP contribution in [0, 0.1) is 5.92 Å². The molecule has 0 radical (unpaired) electrons. The maximum atomic E-state index is 12.3. The Kier molecular flexibility index (Phi) is 9.26. The van der Waals surface area contributed by atoms with Crippen molar-refractivity contribution in [3.63, 3.8) is 0 Å². The van der Waals surface area contributed by atoms with Gasteiger partial charge in [0.15, 0.2) is 5.16 Å². The van der Waals surface area contributed by atoms with E-state index in [1.165, 1.54) is 36.9 Å². The minimum Gasteiger partial charge on any atom is -0.355 e. The van der Waals surface area contributed by atoms with Crippen LogP contribution in [0.4, 0.5) is 0 Å². The van der Waals surface area contributed by atoms with Crippen LogP contribution in [-0.2, 0) is 11.3 Å². The highest BCUT2D eigenvalue weighted by Crippen LogP contribution is 2.36. The van der Waals surface area contributed by atoms with Gasteiger partial charge in [-0.15, -0.1) is 0 Å². The molecule has 5 heteroatoms. The van der Waals surface area contributed by atoms with Crippen LogP contribution >= 0.6 is 11.8 Å². The SMILES string of the molecule is CCCCn1c(SCCNC(=O)CCC2CCCC2)nc(-c2ccccc2)c1-c1ccccc1. The minimum absolute atomic E-state index is 0.191. The molecular formula is C29H37N3OS. The van der Waals surface area contributed by atoms with E-state index < -0.39 is 0 Å². The summed E-state index contributed by atoms with van der Waals surface area (Å²) in [6.07, 6.45) is 9.23. The first-order valence-corrected chi connectivity index (χ1v) is 13.9. The summed E-state index contributed by atoms with van der Waals surface area (Å²) in [5.74, 6) is 1.77. The number of carbonyl (C=O) groups is 1. The molecule has 34 heavy (non-hydrogen) atoms. The molecule has 0 aliphatic heterocycles. The van der Waals surface area contributed by atoms with E-state index in [1.54, 1.807) is 11.8 Å². The third-order valence-electron chi connectivity index (χ3n) is 6.67. The van der Waals surface area contributed by atoms with Gasteiger partial charge in [-0.1, -0.05) is 111 Å². The Morgan fingerprint density at radius 3 is 2.38 bits per heavy atom. The van der Waals surface area contributed by atoms with Crippen LogP contribution in [0.5, 0.6) is 0 Å². The molecule has 0 saturated heterocycles. The van der Waals surface area contributed by atoms with Crippen LogP contribution in [0.15, 0.2) is 65.8 Å². The molecule has 1 aliphatic carbocycles. The van der Waals surface area contributed by atoms with Crippen molar-refractivity contribution < 1.29 is 4.79 Å². The summed E-state index contributed by atoms with van der Waals surface area (Å²) < 4.78 is 2.38. The maximum Gasteiger partial charge on any atom is 0.220 e. The summed E-state index contributed by atoms with van der Waals surface area (Å²) in [6, 6.07) is 21.1. The second-order valence-corrected chi connectivity index (χ2v) is 10.3. The molecule has 1 fully saturated rings. The highest BCUT2D eigenvalue weighted by atomic mass is 32.2. The maximum absolute atomic E-state index is 12.3. The smallest absolute Gasteiger partial charge is 0.220 e. The highest BCUT2D eigenvalue weighted by molar-refractivity contribution is 7.99. The number of carbonyl (C=O) groups excluding carboxylic acids is 1. The number of amides is 1. The van der Waals surface area contributed by atoms with Crippen molar-refractivity contribution in [1.29, 1.82) is 0 Å². The van der Waals surface area contributed by atoms with Gasteiger partial charge in [0, 0.05) is 36.4 Å². The van der Waals surface area contributed by atoms with E-state index in [4.69, 9.17) is 4.98 Å². The van der Waals surface area contributed by atoms with Gasteiger partial charge in [0.2, 0.25) is 5.91 Å². The lowest BCUT2D eigenvalue weighted by Gasteiger charge is -2.13. The van der Waals surface area contributed by atoms with Crippen LogP contribution in [0.2, 0.25) is 0 Å². The van der Waals surface area contributed by atoms with E-state index in [9.17, 15) is 4.79 Å². The lowest BCUT2D eigenvalue weighted by Crippen LogP contribution is -2.26. The van der Waals surface area contributed by atoms with Crippen molar-refractivity contribution in [1.82, 2.24) is 14.9 Å². The molecule has 4 nitrogen and oxygen atoms in total. The molecule has 0 spiro atoms. The number of rotatable bonds is 12. The van der Waals surface area contributed by atoms with Crippen molar-refractivity contribution in [3.8, 4) is 22.5 Å². The van der Waals surface area contributed by atoms with E-state index in [-0.39, 0.29) is 5.91 Å². The van der Waals surface area contributed by atoms with Crippen LogP contribution < -0.4 is 5.32 Å². The molecule has 1 amide bonds. The van der Waals surface area contributed by atoms with E-state index in [0.717, 1.165) is 53.9 Å². The van der Waals surface area contributed by atoms with Crippen molar-refractivity contribution in [2.75, 3.05) is 12.3 Å². The Morgan fingerprint density at radius 1 is 1.03 bits per heavy atom. The van der Waals surface area contributed by atoms with Crippen LogP contribution in [0.3, 0.4) is 0 Å². The monoisotopic (exact) mass is 475 g/mol. The first kappa shape index (κ1) is 24.6. The van der Waals surface area contributed by atoms with Crippen molar-refractivity contribution in [3.05, 3.63) is 60.7 Å².